The molecule has 0 bridgehead atoms. The molecule has 0 radical (unpaired) electrons. The molecule has 3 aromatic rings. The summed E-state index contributed by atoms with van der Waals surface area (Å²) in [6, 6.07) is 13.4. The van der Waals surface area contributed by atoms with E-state index < -0.39 is 5.82 Å². The fourth-order valence-electron chi connectivity index (χ4n) is 2.33. The molecule has 6 nitrogen and oxygen atoms in total. The SMILES string of the molecule is C[C@H](NC(=O)COc1ccccc1F)c1ccc(-n2cncn2)cc1. The highest BCUT2D eigenvalue weighted by molar-refractivity contribution is 5.78. The van der Waals surface area contributed by atoms with Crippen molar-refractivity contribution in [2.45, 2.75) is 13.0 Å². The summed E-state index contributed by atoms with van der Waals surface area (Å²) < 4.78 is 20.3. The van der Waals surface area contributed by atoms with Crippen molar-refractivity contribution >= 4 is 5.91 Å². The molecule has 0 saturated carbocycles. The van der Waals surface area contributed by atoms with Crippen molar-refractivity contribution in [2.75, 3.05) is 6.61 Å². The zero-order chi connectivity index (χ0) is 17.6. The number of nitrogens with zero attached hydrogens (tertiary/aromatic N) is 3. The molecule has 0 aliphatic carbocycles. The molecule has 0 aliphatic rings. The number of nitrogens with one attached hydrogen (secondary N) is 1. The van der Waals surface area contributed by atoms with E-state index in [4.69, 9.17) is 4.74 Å². The molecule has 1 amide bonds. The standard InChI is InChI=1S/C18H17FN4O2/c1-13(14-6-8-15(9-7-14)23-12-20-11-21-23)22-18(24)10-25-17-5-3-2-4-16(17)19/h2-9,11-13H,10H2,1H3,(H,22,24)/t13-/m0/s1. The second-order valence-electron chi connectivity index (χ2n) is 5.44. The van der Waals surface area contributed by atoms with E-state index in [1.807, 2.05) is 31.2 Å². The number of hydrogen-bond donors (Lipinski definition) is 1. The molecule has 3 rings (SSSR count). The Labute approximate surface area is 144 Å². The largest absolute Gasteiger partial charge is 0.481 e. The van der Waals surface area contributed by atoms with Crippen LogP contribution in [0.4, 0.5) is 4.39 Å². The lowest BCUT2D eigenvalue weighted by molar-refractivity contribution is -0.123. The van der Waals surface area contributed by atoms with E-state index >= 15 is 0 Å². The number of benzene rings is 2. The molecule has 2 aromatic carbocycles. The topological polar surface area (TPSA) is 69.0 Å². The third-order valence-electron chi connectivity index (χ3n) is 3.65. The van der Waals surface area contributed by atoms with Crippen molar-refractivity contribution in [3.8, 4) is 11.4 Å². The smallest absolute Gasteiger partial charge is 0.258 e. The molecule has 0 aliphatic heterocycles. The maximum absolute atomic E-state index is 13.5. The Morgan fingerprint density at radius 3 is 2.68 bits per heavy atom. The first kappa shape index (κ1) is 16.6. The van der Waals surface area contributed by atoms with Gasteiger partial charge in [-0.05, 0) is 36.8 Å². The lowest BCUT2D eigenvalue weighted by atomic mass is 10.1. The van der Waals surface area contributed by atoms with E-state index in [0.717, 1.165) is 11.3 Å². The van der Waals surface area contributed by atoms with Gasteiger partial charge in [0.15, 0.2) is 18.2 Å². The van der Waals surface area contributed by atoms with Crippen LogP contribution in [-0.4, -0.2) is 27.3 Å². The van der Waals surface area contributed by atoms with Crippen molar-refractivity contribution in [1.82, 2.24) is 20.1 Å². The second kappa shape index (κ2) is 7.57. The first-order valence-corrected chi connectivity index (χ1v) is 7.75. The monoisotopic (exact) mass is 340 g/mol. The Morgan fingerprint density at radius 2 is 2.00 bits per heavy atom. The number of amides is 1. The van der Waals surface area contributed by atoms with Gasteiger partial charge in [-0.15, -0.1) is 0 Å². The van der Waals surface area contributed by atoms with Crippen LogP contribution in [0, 0.1) is 5.82 Å². The second-order valence-corrected chi connectivity index (χ2v) is 5.44. The Bertz CT molecular complexity index is 835. The van der Waals surface area contributed by atoms with Gasteiger partial charge in [0.1, 0.15) is 12.7 Å². The van der Waals surface area contributed by atoms with Crippen LogP contribution in [0.3, 0.4) is 0 Å². The number of para-hydroxylation sites is 1. The summed E-state index contributed by atoms with van der Waals surface area (Å²) in [7, 11) is 0. The number of aromatic nitrogens is 3. The summed E-state index contributed by atoms with van der Waals surface area (Å²) in [5, 5.41) is 6.88. The third-order valence-corrected chi connectivity index (χ3v) is 3.65. The van der Waals surface area contributed by atoms with Crippen LogP contribution in [0.2, 0.25) is 0 Å². The molecule has 0 fully saturated rings. The number of carbonyl (C=O) groups is 1. The Balaban J connectivity index is 1.55. The summed E-state index contributed by atoms with van der Waals surface area (Å²) >= 11 is 0. The predicted molar refractivity (Wildman–Crippen MR) is 89.8 cm³/mol. The summed E-state index contributed by atoms with van der Waals surface area (Å²) in [5.74, 6) is -0.759. The molecular weight excluding hydrogens is 323 g/mol. The maximum Gasteiger partial charge on any atom is 0.258 e. The van der Waals surface area contributed by atoms with Crippen LogP contribution in [0.25, 0.3) is 5.69 Å². The molecule has 0 spiro atoms. The average Bonchev–Trinajstić information content (AvgIpc) is 3.16. The number of rotatable bonds is 6. The first-order valence-electron chi connectivity index (χ1n) is 7.75. The highest BCUT2D eigenvalue weighted by Gasteiger charge is 2.11. The molecule has 7 heteroatoms. The predicted octanol–water partition coefficient (Wildman–Crippen LogP) is 2.66. The number of ether oxygens (including phenoxy) is 1. The van der Waals surface area contributed by atoms with Gasteiger partial charge in [0.05, 0.1) is 11.7 Å². The van der Waals surface area contributed by atoms with Crippen molar-refractivity contribution in [2.24, 2.45) is 0 Å². The van der Waals surface area contributed by atoms with Crippen LogP contribution in [0.15, 0.2) is 61.2 Å². The van der Waals surface area contributed by atoms with Gasteiger partial charge in [0.2, 0.25) is 0 Å². The van der Waals surface area contributed by atoms with E-state index in [1.165, 1.54) is 18.5 Å². The Hall–Kier alpha value is -3.22. The van der Waals surface area contributed by atoms with Crippen molar-refractivity contribution < 1.29 is 13.9 Å². The van der Waals surface area contributed by atoms with E-state index in [9.17, 15) is 9.18 Å². The van der Waals surface area contributed by atoms with Gasteiger partial charge in [-0.2, -0.15) is 5.10 Å². The normalized spacial score (nSPS) is 11.8. The van der Waals surface area contributed by atoms with Crippen LogP contribution < -0.4 is 10.1 Å². The Kier molecular flexibility index (Phi) is 5.03. The Morgan fingerprint density at radius 1 is 1.24 bits per heavy atom. The molecule has 0 unspecified atom stereocenters. The molecule has 1 atom stereocenters. The maximum atomic E-state index is 13.5. The van der Waals surface area contributed by atoms with E-state index in [-0.39, 0.29) is 24.3 Å². The summed E-state index contributed by atoms with van der Waals surface area (Å²) in [6.45, 7) is 1.62. The molecule has 128 valence electrons. The van der Waals surface area contributed by atoms with E-state index in [2.05, 4.69) is 15.4 Å². The summed E-state index contributed by atoms with van der Waals surface area (Å²) in [4.78, 5) is 15.9. The number of hydrogen-bond acceptors (Lipinski definition) is 4. The van der Waals surface area contributed by atoms with E-state index in [0.29, 0.717) is 0 Å². The molecule has 1 heterocycles. The zero-order valence-corrected chi connectivity index (χ0v) is 13.6. The van der Waals surface area contributed by atoms with Gasteiger partial charge in [0, 0.05) is 0 Å². The van der Waals surface area contributed by atoms with Crippen molar-refractivity contribution in [3.63, 3.8) is 0 Å². The van der Waals surface area contributed by atoms with Gasteiger partial charge in [0.25, 0.3) is 5.91 Å². The summed E-state index contributed by atoms with van der Waals surface area (Å²) in [5.41, 5.74) is 1.81. The number of halogens is 1. The van der Waals surface area contributed by atoms with Crippen LogP contribution in [0.5, 0.6) is 5.75 Å². The first-order chi connectivity index (χ1) is 12.1. The quantitative estimate of drug-likeness (QED) is 0.749. The molecule has 0 saturated heterocycles. The molecular formula is C18H17FN4O2. The lowest BCUT2D eigenvalue weighted by Gasteiger charge is -2.15. The van der Waals surface area contributed by atoms with E-state index in [1.54, 1.807) is 23.1 Å². The summed E-state index contributed by atoms with van der Waals surface area (Å²) in [6.07, 6.45) is 3.08. The van der Waals surface area contributed by atoms with Crippen molar-refractivity contribution in [1.29, 1.82) is 0 Å². The highest BCUT2D eigenvalue weighted by atomic mass is 19.1. The van der Waals surface area contributed by atoms with Gasteiger partial charge in [-0.25, -0.2) is 14.1 Å². The van der Waals surface area contributed by atoms with Gasteiger partial charge < -0.3 is 10.1 Å². The molecule has 25 heavy (non-hydrogen) atoms. The molecule has 1 N–H and O–H groups in total. The average molecular weight is 340 g/mol. The fourth-order valence-corrected chi connectivity index (χ4v) is 2.33. The number of carbonyl (C=O) groups excluding carboxylic acids is 1. The minimum atomic E-state index is -0.493. The van der Waals surface area contributed by atoms with Crippen LogP contribution in [-0.2, 0) is 4.79 Å². The van der Waals surface area contributed by atoms with Crippen LogP contribution >= 0.6 is 0 Å². The zero-order valence-electron chi connectivity index (χ0n) is 13.6. The minimum Gasteiger partial charge on any atom is -0.481 e. The fraction of sp³-hybridized carbons (Fsp3) is 0.167. The van der Waals surface area contributed by atoms with Gasteiger partial charge in [-0.1, -0.05) is 24.3 Å². The molecule has 1 aromatic heterocycles. The van der Waals surface area contributed by atoms with Gasteiger partial charge >= 0.3 is 0 Å². The highest BCUT2D eigenvalue weighted by Crippen LogP contribution is 2.16. The third kappa shape index (κ3) is 4.20. The van der Waals surface area contributed by atoms with Gasteiger partial charge in [-0.3, -0.25) is 4.79 Å². The minimum absolute atomic E-state index is 0.0579. The lowest BCUT2D eigenvalue weighted by Crippen LogP contribution is -2.31. The van der Waals surface area contributed by atoms with Crippen LogP contribution in [0.1, 0.15) is 18.5 Å². The van der Waals surface area contributed by atoms with Crippen molar-refractivity contribution in [3.05, 3.63) is 72.6 Å².